The minimum absolute atomic E-state index is 0.375. The molecule has 0 spiro atoms. The maximum Gasteiger partial charge on any atom is 0.333 e. The van der Waals surface area contributed by atoms with Crippen molar-refractivity contribution >= 4 is 5.97 Å². The van der Waals surface area contributed by atoms with Gasteiger partial charge in [0.15, 0.2) is 0 Å². The fourth-order valence-electron chi connectivity index (χ4n) is 0.359. The van der Waals surface area contributed by atoms with Crippen LogP contribution in [-0.4, -0.2) is 11.1 Å². The van der Waals surface area contributed by atoms with Gasteiger partial charge in [-0.2, -0.15) is 0 Å². The Kier molecular flexibility index (Phi) is 0.592. The van der Waals surface area contributed by atoms with Gasteiger partial charge in [-0.05, 0) is 0 Å². The molecule has 0 radical (unpaired) electrons. The van der Waals surface area contributed by atoms with E-state index < -0.39 is 5.97 Å². The summed E-state index contributed by atoms with van der Waals surface area (Å²) >= 11 is 0. The van der Waals surface area contributed by atoms with Crippen molar-refractivity contribution in [2.24, 2.45) is 5.73 Å². The van der Waals surface area contributed by atoms with Crippen LogP contribution in [0.5, 0.6) is 0 Å². The molecule has 0 saturated carbocycles. The fraction of sp³-hybridized carbons (Fsp3) is 0.250. The molecule has 38 valence electrons. The maximum absolute atomic E-state index is 9.83. The van der Waals surface area contributed by atoms with Gasteiger partial charge < -0.3 is 10.8 Å². The molecular weight excluding hydrogens is 94.0 g/mol. The number of nitrogens with two attached hydrogens (primary N) is 1. The number of hydrogen-bond donors (Lipinski definition) is 2. The molecule has 3 heteroatoms. The highest BCUT2D eigenvalue weighted by Gasteiger charge is 2.24. The molecule has 1 aliphatic rings. The van der Waals surface area contributed by atoms with E-state index in [1.165, 1.54) is 0 Å². The first-order valence-corrected chi connectivity index (χ1v) is 1.92. The monoisotopic (exact) mass is 99.0 g/mol. The predicted octanol–water partition coefficient (Wildman–Crippen LogP) is -0.312. The van der Waals surface area contributed by atoms with Crippen LogP contribution in [0.4, 0.5) is 0 Å². The van der Waals surface area contributed by atoms with Crippen LogP contribution in [0.2, 0.25) is 0 Å². The second-order valence-electron chi connectivity index (χ2n) is 1.49. The molecule has 3 nitrogen and oxygen atoms in total. The number of carboxylic acid groups (broad SMARTS) is 1. The lowest BCUT2D eigenvalue weighted by Gasteiger charge is -1.70. The SMILES string of the molecule is NC1=C(C(=O)O)C1. The van der Waals surface area contributed by atoms with Crippen LogP contribution in [0.3, 0.4) is 0 Å². The van der Waals surface area contributed by atoms with Gasteiger partial charge in [-0.1, -0.05) is 0 Å². The molecule has 1 aliphatic carbocycles. The number of allylic oxidation sites excluding steroid dienone is 1. The summed E-state index contributed by atoms with van der Waals surface area (Å²) in [5.41, 5.74) is 5.96. The Bertz CT molecular complexity index is 142. The van der Waals surface area contributed by atoms with Crippen LogP contribution in [0, 0.1) is 0 Å². The van der Waals surface area contributed by atoms with E-state index in [0.29, 0.717) is 17.7 Å². The van der Waals surface area contributed by atoms with E-state index >= 15 is 0 Å². The second kappa shape index (κ2) is 0.992. The molecule has 0 bridgehead atoms. The molecular formula is C4H5NO2. The minimum Gasteiger partial charge on any atom is -0.478 e. The zero-order valence-electron chi connectivity index (χ0n) is 3.64. The van der Waals surface area contributed by atoms with Gasteiger partial charge in [-0.3, -0.25) is 0 Å². The van der Waals surface area contributed by atoms with Crippen LogP contribution in [-0.2, 0) is 4.79 Å². The van der Waals surface area contributed by atoms with Crippen molar-refractivity contribution in [1.82, 2.24) is 0 Å². The zero-order valence-corrected chi connectivity index (χ0v) is 3.64. The number of aliphatic carboxylic acids is 1. The highest BCUT2D eigenvalue weighted by atomic mass is 16.4. The number of rotatable bonds is 1. The van der Waals surface area contributed by atoms with Crippen molar-refractivity contribution in [1.29, 1.82) is 0 Å². The zero-order chi connectivity index (χ0) is 5.44. The molecule has 7 heavy (non-hydrogen) atoms. The van der Waals surface area contributed by atoms with Gasteiger partial charge >= 0.3 is 5.97 Å². The summed E-state index contributed by atoms with van der Waals surface area (Å²) in [6.45, 7) is 0. The normalized spacial score (nSPS) is 17.1. The molecule has 0 heterocycles. The number of carboxylic acids is 1. The van der Waals surface area contributed by atoms with Crippen molar-refractivity contribution < 1.29 is 9.90 Å². The quantitative estimate of drug-likeness (QED) is 0.474. The molecule has 3 N–H and O–H groups in total. The molecule has 0 unspecified atom stereocenters. The van der Waals surface area contributed by atoms with Crippen molar-refractivity contribution in [2.75, 3.05) is 0 Å². The first-order valence-electron chi connectivity index (χ1n) is 1.92. The van der Waals surface area contributed by atoms with Crippen molar-refractivity contribution in [2.45, 2.75) is 6.42 Å². The van der Waals surface area contributed by atoms with Gasteiger partial charge in [-0.25, -0.2) is 4.79 Å². The topological polar surface area (TPSA) is 63.3 Å². The molecule has 0 amide bonds. The van der Waals surface area contributed by atoms with Crippen LogP contribution < -0.4 is 5.73 Å². The first-order chi connectivity index (χ1) is 3.22. The van der Waals surface area contributed by atoms with E-state index in [4.69, 9.17) is 10.8 Å². The van der Waals surface area contributed by atoms with Gasteiger partial charge in [0, 0.05) is 12.1 Å². The Labute approximate surface area is 40.4 Å². The van der Waals surface area contributed by atoms with E-state index in [1.54, 1.807) is 0 Å². The largest absolute Gasteiger partial charge is 0.478 e. The summed E-state index contributed by atoms with van der Waals surface area (Å²) in [7, 11) is 0. The highest BCUT2D eigenvalue weighted by Crippen LogP contribution is 2.24. The third-order valence-corrected chi connectivity index (χ3v) is 0.888. The molecule has 0 saturated heterocycles. The summed E-state index contributed by atoms with van der Waals surface area (Å²) in [5.74, 6) is -0.877. The van der Waals surface area contributed by atoms with Crippen molar-refractivity contribution in [3.05, 3.63) is 11.3 Å². The summed E-state index contributed by atoms with van der Waals surface area (Å²) in [5, 5.41) is 8.09. The first kappa shape index (κ1) is 4.18. The average Bonchev–Trinajstić information content (AvgIpc) is 2.17. The van der Waals surface area contributed by atoms with E-state index in [-0.39, 0.29) is 0 Å². The Morgan fingerprint density at radius 1 is 1.86 bits per heavy atom. The standard InChI is InChI=1S/C4H5NO2/c5-3-1-2(3)4(6)7/h1,5H2,(H,6,7). The lowest BCUT2D eigenvalue weighted by Crippen LogP contribution is -1.89. The van der Waals surface area contributed by atoms with Gasteiger partial charge in [0.1, 0.15) is 0 Å². The molecule has 0 atom stereocenters. The summed E-state index contributed by atoms with van der Waals surface area (Å²) in [6.07, 6.45) is 0.495. The van der Waals surface area contributed by atoms with Gasteiger partial charge in [-0.15, -0.1) is 0 Å². The molecule has 0 aromatic heterocycles. The van der Waals surface area contributed by atoms with E-state index in [1.807, 2.05) is 0 Å². The average molecular weight is 99.1 g/mol. The van der Waals surface area contributed by atoms with Crippen molar-refractivity contribution in [3.63, 3.8) is 0 Å². The number of carbonyl (C=O) groups is 1. The van der Waals surface area contributed by atoms with Crippen LogP contribution in [0.1, 0.15) is 6.42 Å². The fourth-order valence-corrected chi connectivity index (χ4v) is 0.359. The summed E-state index contributed by atoms with van der Waals surface area (Å²) < 4.78 is 0. The van der Waals surface area contributed by atoms with E-state index in [9.17, 15) is 4.79 Å². The maximum atomic E-state index is 9.83. The molecule has 0 fully saturated rings. The third-order valence-electron chi connectivity index (χ3n) is 0.888. The molecule has 0 aliphatic heterocycles. The van der Waals surface area contributed by atoms with E-state index in [0.717, 1.165) is 0 Å². The van der Waals surface area contributed by atoms with Gasteiger partial charge in [0.25, 0.3) is 0 Å². The lowest BCUT2D eigenvalue weighted by atomic mass is 10.5. The third kappa shape index (κ3) is 0.559. The van der Waals surface area contributed by atoms with Crippen LogP contribution in [0.25, 0.3) is 0 Å². The van der Waals surface area contributed by atoms with Gasteiger partial charge in [0.2, 0.25) is 0 Å². The van der Waals surface area contributed by atoms with Crippen LogP contribution >= 0.6 is 0 Å². The van der Waals surface area contributed by atoms with Crippen molar-refractivity contribution in [3.8, 4) is 0 Å². The second-order valence-corrected chi connectivity index (χ2v) is 1.49. The molecule has 1 rings (SSSR count). The van der Waals surface area contributed by atoms with E-state index in [2.05, 4.69) is 0 Å². The smallest absolute Gasteiger partial charge is 0.333 e. The van der Waals surface area contributed by atoms with Gasteiger partial charge in [0.05, 0.1) is 5.57 Å². The molecule has 0 aromatic carbocycles. The Morgan fingerprint density at radius 3 is 2.29 bits per heavy atom. The van der Waals surface area contributed by atoms with Crippen LogP contribution in [0.15, 0.2) is 11.3 Å². The predicted molar refractivity (Wildman–Crippen MR) is 23.5 cm³/mol. The Balaban J connectivity index is 2.62. The Morgan fingerprint density at radius 2 is 2.29 bits per heavy atom. The summed E-state index contributed by atoms with van der Waals surface area (Å²) in [6, 6.07) is 0. The molecule has 0 aromatic rings. The number of hydrogen-bond acceptors (Lipinski definition) is 2. The Hall–Kier alpha value is -0.990. The summed E-state index contributed by atoms with van der Waals surface area (Å²) in [4.78, 5) is 9.83. The minimum atomic E-state index is -0.877. The lowest BCUT2D eigenvalue weighted by molar-refractivity contribution is -0.132. The highest BCUT2D eigenvalue weighted by molar-refractivity contribution is 5.92.